The van der Waals surface area contributed by atoms with Crippen LogP contribution in [0.3, 0.4) is 0 Å². The largest absolute Gasteiger partial charge is 0.335 e. The first-order valence-corrected chi connectivity index (χ1v) is 7.81. The predicted octanol–water partition coefficient (Wildman–Crippen LogP) is 1.36. The molecule has 1 N–H and O–H groups in total. The van der Waals surface area contributed by atoms with Crippen LogP contribution in [0.5, 0.6) is 0 Å². The van der Waals surface area contributed by atoms with Gasteiger partial charge < -0.3 is 15.0 Å². The van der Waals surface area contributed by atoms with Crippen molar-refractivity contribution in [1.29, 1.82) is 0 Å². The Kier molecular flexibility index (Phi) is 4.52. The SMILES string of the molecule is CC(C=O)n1nc(C(=O)N2CCNCC2)cc1-c1ccccc1. The molecule has 3 rings (SSSR count). The van der Waals surface area contributed by atoms with Crippen molar-refractivity contribution in [2.75, 3.05) is 26.2 Å². The maximum atomic E-state index is 12.6. The molecule has 0 spiro atoms. The van der Waals surface area contributed by atoms with Crippen molar-refractivity contribution in [2.45, 2.75) is 13.0 Å². The van der Waals surface area contributed by atoms with Crippen molar-refractivity contribution in [1.82, 2.24) is 20.0 Å². The van der Waals surface area contributed by atoms with Crippen LogP contribution in [-0.2, 0) is 4.79 Å². The van der Waals surface area contributed by atoms with Crippen LogP contribution >= 0.6 is 0 Å². The van der Waals surface area contributed by atoms with E-state index in [2.05, 4.69) is 10.4 Å². The minimum atomic E-state index is -0.422. The van der Waals surface area contributed by atoms with E-state index < -0.39 is 6.04 Å². The monoisotopic (exact) mass is 312 g/mol. The van der Waals surface area contributed by atoms with Crippen molar-refractivity contribution >= 4 is 12.2 Å². The molecule has 1 aromatic carbocycles. The van der Waals surface area contributed by atoms with Gasteiger partial charge in [0.1, 0.15) is 12.3 Å². The number of hydrogen-bond acceptors (Lipinski definition) is 4. The molecule has 1 atom stereocenters. The lowest BCUT2D eigenvalue weighted by Crippen LogP contribution is -2.46. The van der Waals surface area contributed by atoms with Crippen molar-refractivity contribution in [3.63, 3.8) is 0 Å². The molecular formula is C17H20N4O2. The average molecular weight is 312 g/mol. The summed E-state index contributed by atoms with van der Waals surface area (Å²) >= 11 is 0. The highest BCUT2D eigenvalue weighted by Crippen LogP contribution is 2.23. The molecule has 6 nitrogen and oxygen atoms in total. The summed E-state index contributed by atoms with van der Waals surface area (Å²) in [6.07, 6.45) is 0.832. The third kappa shape index (κ3) is 3.17. The lowest BCUT2D eigenvalue weighted by atomic mass is 10.1. The van der Waals surface area contributed by atoms with Crippen molar-refractivity contribution < 1.29 is 9.59 Å². The van der Waals surface area contributed by atoms with Gasteiger partial charge in [0.25, 0.3) is 5.91 Å². The van der Waals surface area contributed by atoms with E-state index in [1.807, 2.05) is 30.3 Å². The fourth-order valence-corrected chi connectivity index (χ4v) is 2.72. The van der Waals surface area contributed by atoms with Gasteiger partial charge in [-0.2, -0.15) is 5.10 Å². The summed E-state index contributed by atoms with van der Waals surface area (Å²) in [7, 11) is 0. The predicted molar refractivity (Wildman–Crippen MR) is 87.2 cm³/mol. The fraction of sp³-hybridized carbons (Fsp3) is 0.353. The normalized spacial score (nSPS) is 16.1. The van der Waals surface area contributed by atoms with E-state index in [9.17, 15) is 9.59 Å². The summed E-state index contributed by atoms with van der Waals surface area (Å²) < 4.78 is 1.62. The number of amides is 1. The van der Waals surface area contributed by atoms with Crippen LogP contribution in [0.15, 0.2) is 36.4 Å². The minimum absolute atomic E-state index is 0.0828. The third-order valence-electron chi connectivity index (χ3n) is 4.01. The first-order chi connectivity index (χ1) is 11.2. The molecule has 23 heavy (non-hydrogen) atoms. The quantitative estimate of drug-likeness (QED) is 0.866. The van der Waals surface area contributed by atoms with Crippen LogP contribution in [0.2, 0.25) is 0 Å². The highest BCUT2D eigenvalue weighted by atomic mass is 16.2. The number of nitrogens with zero attached hydrogens (tertiary/aromatic N) is 3. The van der Waals surface area contributed by atoms with Crippen LogP contribution in [0.1, 0.15) is 23.5 Å². The van der Waals surface area contributed by atoms with E-state index in [-0.39, 0.29) is 5.91 Å². The van der Waals surface area contributed by atoms with Gasteiger partial charge in [0.2, 0.25) is 0 Å². The maximum Gasteiger partial charge on any atom is 0.274 e. The van der Waals surface area contributed by atoms with Gasteiger partial charge in [-0.25, -0.2) is 0 Å². The molecule has 120 valence electrons. The Hall–Kier alpha value is -2.47. The highest BCUT2D eigenvalue weighted by Gasteiger charge is 2.23. The molecule has 1 saturated heterocycles. The van der Waals surface area contributed by atoms with E-state index in [0.29, 0.717) is 18.8 Å². The Labute approximate surface area is 135 Å². The smallest absolute Gasteiger partial charge is 0.274 e. The summed E-state index contributed by atoms with van der Waals surface area (Å²) in [6.45, 7) is 4.71. The fourth-order valence-electron chi connectivity index (χ4n) is 2.72. The van der Waals surface area contributed by atoms with E-state index in [0.717, 1.165) is 30.6 Å². The first kappa shape index (κ1) is 15.4. The Morgan fingerprint density at radius 2 is 1.96 bits per heavy atom. The number of nitrogens with one attached hydrogen (secondary N) is 1. The molecule has 0 saturated carbocycles. The molecule has 1 aromatic heterocycles. The second kappa shape index (κ2) is 6.75. The number of aldehydes is 1. The number of aromatic nitrogens is 2. The van der Waals surface area contributed by atoms with Crippen LogP contribution in [0.25, 0.3) is 11.3 Å². The number of carbonyl (C=O) groups excluding carboxylic acids is 2. The topological polar surface area (TPSA) is 67.2 Å². The lowest BCUT2D eigenvalue weighted by Gasteiger charge is -2.26. The third-order valence-corrected chi connectivity index (χ3v) is 4.01. The number of hydrogen-bond donors (Lipinski definition) is 1. The zero-order valence-corrected chi connectivity index (χ0v) is 13.1. The molecule has 6 heteroatoms. The zero-order valence-electron chi connectivity index (χ0n) is 13.1. The average Bonchev–Trinajstić information content (AvgIpc) is 3.07. The second-order valence-corrected chi connectivity index (χ2v) is 5.64. The molecule has 2 heterocycles. The van der Waals surface area contributed by atoms with Gasteiger partial charge in [-0.1, -0.05) is 30.3 Å². The number of piperazine rings is 1. The minimum Gasteiger partial charge on any atom is -0.335 e. The van der Waals surface area contributed by atoms with Gasteiger partial charge in [-0.3, -0.25) is 9.48 Å². The van der Waals surface area contributed by atoms with Crippen LogP contribution in [0, 0.1) is 0 Å². The van der Waals surface area contributed by atoms with Gasteiger partial charge in [-0.05, 0) is 18.6 Å². The summed E-state index contributed by atoms with van der Waals surface area (Å²) in [5.74, 6) is -0.0828. The Morgan fingerprint density at radius 1 is 1.26 bits per heavy atom. The van der Waals surface area contributed by atoms with Crippen molar-refractivity contribution in [3.05, 3.63) is 42.1 Å². The first-order valence-electron chi connectivity index (χ1n) is 7.81. The summed E-state index contributed by atoms with van der Waals surface area (Å²) in [5, 5.41) is 7.63. The van der Waals surface area contributed by atoms with Crippen molar-refractivity contribution in [3.8, 4) is 11.3 Å². The van der Waals surface area contributed by atoms with Gasteiger partial charge >= 0.3 is 0 Å². The molecule has 0 bridgehead atoms. The molecular weight excluding hydrogens is 292 g/mol. The molecule has 1 aliphatic heterocycles. The molecule has 1 unspecified atom stereocenters. The van der Waals surface area contributed by atoms with E-state index in [4.69, 9.17) is 0 Å². The zero-order chi connectivity index (χ0) is 16.2. The highest BCUT2D eigenvalue weighted by molar-refractivity contribution is 5.93. The molecule has 0 radical (unpaired) electrons. The number of carbonyl (C=O) groups is 2. The summed E-state index contributed by atoms with van der Waals surface area (Å²) in [5.41, 5.74) is 2.11. The second-order valence-electron chi connectivity index (χ2n) is 5.64. The lowest BCUT2D eigenvalue weighted by molar-refractivity contribution is -0.110. The Morgan fingerprint density at radius 3 is 2.61 bits per heavy atom. The summed E-state index contributed by atoms with van der Waals surface area (Å²) in [4.78, 5) is 25.6. The number of rotatable bonds is 4. The Bertz CT molecular complexity index is 690. The van der Waals surface area contributed by atoms with Gasteiger partial charge in [0.15, 0.2) is 5.69 Å². The maximum absolute atomic E-state index is 12.6. The van der Waals surface area contributed by atoms with E-state index >= 15 is 0 Å². The molecule has 2 aromatic rings. The molecule has 1 fully saturated rings. The van der Waals surface area contributed by atoms with Crippen LogP contribution in [0.4, 0.5) is 0 Å². The van der Waals surface area contributed by atoms with E-state index in [1.54, 1.807) is 22.6 Å². The molecule has 0 aliphatic carbocycles. The van der Waals surface area contributed by atoms with Crippen molar-refractivity contribution in [2.24, 2.45) is 0 Å². The van der Waals surface area contributed by atoms with Gasteiger partial charge in [0, 0.05) is 26.2 Å². The van der Waals surface area contributed by atoms with Gasteiger partial charge in [-0.15, -0.1) is 0 Å². The van der Waals surface area contributed by atoms with Crippen LogP contribution < -0.4 is 5.32 Å². The van der Waals surface area contributed by atoms with E-state index in [1.165, 1.54) is 0 Å². The molecule has 1 aliphatic rings. The van der Waals surface area contributed by atoms with Crippen LogP contribution in [-0.4, -0.2) is 53.1 Å². The number of benzene rings is 1. The van der Waals surface area contributed by atoms with Gasteiger partial charge in [0.05, 0.1) is 5.69 Å². The summed E-state index contributed by atoms with van der Waals surface area (Å²) in [6, 6.07) is 11.0. The Balaban J connectivity index is 1.97. The molecule has 1 amide bonds. The standard InChI is InChI=1S/C17H20N4O2/c1-13(12-22)21-16(14-5-3-2-4-6-14)11-15(19-21)17(23)20-9-7-18-8-10-20/h2-6,11-13,18H,7-10H2,1H3.